The Hall–Kier alpha value is -2.14. The van der Waals surface area contributed by atoms with Gasteiger partial charge >= 0.3 is 5.97 Å². The van der Waals surface area contributed by atoms with E-state index in [2.05, 4.69) is 17.4 Å². The summed E-state index contributed by atoms with van der Waals surface area (Å²) < 4.78 is 5.04. The molecule has 0 spiro atoms. The summed E-state index contributed by atoms with van der Waals surface area (Å²) in [4.78, 5) is 26.5. The predicted molar refractivity (Wildman–Crippen MR) is 107 cm³/mol. The maximum atomic E-state index is 12.8. The van der Waals surface area contributed by atoms with Gasteiger partial charge < -0.3 is 10.1 Å². The van der Waals surface area contributed by atoms with Gasteiger partial charge in [0.25, 0.3) is 0 Å². The monoisotopic (exact) mass is 383 g/mol. The number of hydrogen-bond donors (Lipinski definition) is 1. The van der Waals surface area contributed by atoms with Gasteiger partial charge in [0.2, 0.25) is 5.91 Å². The molecule has 1 aromatic carbocycles. The normalized spacial score (nSPS) is 21.5. The van der Waals surface area contributed by atoms with Crippen molar-refractivity contribution in [1.29, 1.82) is 0 Å². The zero-order valence-electron chi connectivity index (χ0n) is 15.6. The van der Waals surface area contributed by atoms with Crippen molar-refractivity contribution >= 4 is 28.2 Å². The maximum Gasteiger partial charge on any atom is 0.341 e. The molecule has 0 aliphatic heterocycles. The molecule has 0 radical (unpaired) electrons. The first-order valence-electron chi connectivity index (χ1n) is 9.77. The lowest BCUT2D eigenvalue weighted by molar-refractivity contribution is -0.117. The van der Waals surface area contributed by atoms with E-state index in [-0.39, 0.29) is 23.7 Å². The van der Waals surface area contributed by atoms with Crippen molar-refractivity contribution in [1.82, 2.24) is 0 Å². The van der Waals surface area contributed by atoms with Crippen LogP contribution in [0.4, 0.5) is 5.00 Å². The fourth-order valence-corrected chi connectivity index (χ4v) is 5.36. The number of thiophene rings is 1. The minimum absolute atomic E-state index is 0.0115. The van der Waals surface area contributed by atoms with Crippen molar-refractivity contribution in [3.05, 3.63) is 51.9 Å². The highest BCUT2D eigenvalue weighted by atomic mass is 32.1. The quantitative estimate of drug-likeness (QED) is 0.761. The third-order valence-electron chi connectivity index (χ3n) is 5.65. The lowest BCUT2D eigenvalue weighted by atomic mass is 9.96. The number of hydrogen-bond acceptors (Lipinski definition) is 4. The Balaban J connectivity index is 1.55. The van der Waals surface area contributed by atoms with Gasteiger partial charge in [0.05, 0.1) is 12.7 Å². The molecular weight excluding hydrogens is 358 g/mol. The number of amides is 1. The molecule has 1 N–H and O–H groups in total. The number of benzene rings is 1. The molecule has 1 heterocycles. The van der Waals surface area contributed by atoms with E-state index in [4.69, 9.17) is 4.74 Å². The lowest BCUT2D eigenvalue weighted by Crippen LogP contribution is -2.16. The first kappa shape index (κ1) is 18.2. The third kappa shape index (κ3) is 3.79. The van der Waals surface area contributed by atoms with Gasteiger partial charge in [-0.25, -0.2) is 4.79 Å². The van der Waals surface area contributed by atoms with Gasteiger partial charge in [0.1, 0.15) is 5.00 Å². The second kappa shape index (κ2) is 7.85. The van der Waals surface area contributed by atoms with Crippen LogP contribution >= 0.6 is 11.3 Å². The van der Waals surface area contributed by atoms with Crippen molar-refractivity contribution in [2.24, 2.45) is 5.92 Å². The number of ether oxygens (including phenoxy) is 1. The second-order valence-electron chi connectivity index (χ2n) is 7.46. The van der Waals surface area contributed by atoms with Crippen LogP contribution in [0.15, 0.2) is 30.3 Å². The van der Waals surface area contributed by atoms with Crippen molar-refractivity contribution in [3.8, 4) is 0 Å². The molecule has 142 valence electrons. The number of carbonyl (C=O) groups excluding carboxylic acids is 2. The summed E-state index contributed by atoms with van der Waals surface area (Å²) in [6.45, 7) is 0. The fraction of sp³-hybridized carbons (Fsp3) is 0.455. The smallest absolute Gasteiger partial charge is 0.341 e. The topological polar surface area (TPSA) is 55.4 Å². The summed E-state index contributed by atoms with van der Waals surface area (Å²) in [5.74, 6) is -0.0432. The van der Waals surface area contributed by atoms with E-state index in [1.54, 1.807) is 11.3 Å². The number of rotatable bonds is 4. The highest BCUT2D eigenvalue weighted by molar-refractivity contribution is 7.17. The molecule has 1 fully saturated rings. The molecular formula is C22H25NO3S. The zero-order chi connectivity index (χ0) is 18.8. The minimum atomic E-state index is -0.334. The van der Waals surface area contributed by atoms with Gasteiger partial charge in [-0.05, 0) is 49.1 Å². The van der Waals surface area contributed by atoms with E-state index in [1.807, 2.05) is 18.2 Å². The number of anilines is 1. The molecule has 0 bridgehead atoms. The van der Waals surface area contributed by atoms with Crippen LogP contribution in [-0.4, -0.2) is 19.0 Å². The number of methoxy groups -OCH3 is 1. The highest BCUT2D eigenvalue weighted by Crippen LogP contribution is 2.48. The molecule has 5 heteroatoms. The van der Waals surface area contributed by atoms with Crippen molar-refractivity contribution < 1.29 is 14.3 Å². The minimum Gasteiger partial charge on any atom is -0.465 e. The standard InChI is InChI=1S/C22H25NO3S/c1-26-22(25)19-15-11-7-2-3-8-12-18(15)27-21(19)23-20(24)17-13-16(17)14-9-5-4-6-10-14/h4-6,9-10,16-17H,2-3,7-8,11-13H2,1H3,(H,23,24)/t16-,17+/m1/s1. The van der Waals surface area contributed by atoms with E-state index in [0.29, 0.717) is 10.6 Å². The van der Waals surface area contributed by atoms with Crippen molar-refractivity contribution in [2.75, 3.05) is 12.4 Å². The molecule has 2 atom stereocenters. The number of nitrogens with one attached hydrogen (secondary N) is 1. The van der Waals surface area contributed by atoms with E-state index >= 15 is 0 Å². The first-order valence-corrected chi connectivity index (χ1v) is 10.6. The lowest BCUT2D eigenvalue weighted by Gasteiger charge is -2.11. The molecule has 2 aliphatic rings. The Morgan fingerprint density at radius 2 is 1.81 bits per heavy atom. The Bertz CT molecular complexity index is 843. The van der Waals surface area contributed by atoms with Crippen LogP contribution in [0.25, 0.3) is 0 Å². The van der Waals surface area contributed by atoms with Gasteiger partial charge in [-0.2, -0.15) is 0 Å². The number of fused-ring (bicyclic) bond motifs is 1. The first-order chi connectivity index (χ1) is 13.2. The molecule has 2 aromatic rings. The molecule has 0 unspecified atom stereocenters. The SMILES string of the molecule is COC(=O)c1c(NC(=O)[C@H]2C[C@@H]2c2ccccc2)sc2c1CCCCCC2. The summed E-state index contributed by atoms with van der Waals surface area (Å²) in [6.07, 6.45) is 7.39. The fourth-order valence-electron chi connectivity index (χ4n) is 4.08. The number of esters is 1. The summed E-state index contributed by atoms with van der Waals surface area (Å²) >= 11 is 1.57. The number of carbonyl (C=O) groups is 2. The van der Waals surface area contributed by atoms with E-state index in [0.717, 1.165) is 37.7 Å². The van der Waals surface area contributed by atoms with Crippen molar-refractivity contribution in [3.63, 3.8) is 0 Å². The van der Waals surface area contributed by atoms with Gasteiger partial charge in [0, 0.05) is 10.8 Å². The Morgan fingerprint density at radius 1 is 1.07 bits per heavy atom. The van der Waals surface area contributed by atoms with Gasteiger partial charge in [-0.3, -0.25) is 4.79 Å². The zero-order valence-corrected chi connectivity index (χ0v) is 16.4. The highest BCUT2D eigenvalue weighted by Gasteiger charge is 2.44. The van der Waals surface area contributed by atoms with E-state index < -0.39 is 0 Å². The van der Waals surface area contributed by atoms with Crippen LogP contribution in [0.3, 0.4) is 0 Å². The molecule has 1 saturated carbocycles. The molecule has 1 aromatic heterocycles. The van der Waals surface area contributed by atoms with Crippen molar-refractivity contribution in [2.45, 2.75) is 50.9 Å². The molecule has 0 saturated heterocycles. The van der Waals surface area contributed by atoms with E-state index in [9.17, 15) is 9.59 Å². The second-order valence-corrected chi connectivity index (χ2v) is 8.57. The van der Waals surface area contributed by atoms with Crippen LogP contribution in [-0.2, 0) is 22.4 Å². The van der Waals surface area contributed by atoms with Crippen LogP contribution < -0.4 is 5.32 Å². The Morgan fingerprint density at radius 3 is 2.56 bits per heavy atom. The molecule has 4 rings (SSSR count). The Kier molecular flexibility index (Phi) is 5.30. The predicted octanol–water partition coefficient (Wildman–Crippen LogP) is 4.94. The average Bonchev–Trinajstić information content (AvgIpc) is 3.41. The largest absolute Gasteiger partial charge is 0.465 e. The van der Waals surface area contributed by atoms with Crippen LogP contribution in [0.2, 0.25) is 0 Å². The summed E-state index contributed by atoms with van der Waals surface area (Å²) in [6, 6.07) is 10.2. The van der Waals surface area contributed by atoms with Crippen LogP contribution in [0.1, 0.15) is 64.4 Å². The summed E-state index contributed by atoms with van der Waals surface area (Å²) in [5.41, 5.74) is 2.89. The number of aryl methyl sites for hydroxylation is 1. The van der Waals surface area contributed by atoms with Gasteiger partial charge in [-0.1, -0.05) is 43.2 Å². The molecule has 2 aliphatic carbocycles. The molecule has 4 nitrogen and oxygen atoms in total. The maximum absolute atomic E-state index is 12.8. The summed E-state index contributed by atoms with van der Waals surface area (Å²) in [5, 5.41) is 3.74. The van der Waals surface area contributed by atoms with Crippen LogP contribution in [0.5, 0.6) is 0 Å². The summed E-state index contributed by atoms with van der Waals surface area (Å²) in [7, 11) is 1.41. The Labute approximate surface area is 163 Å². The van der Waals surface area contributed by atoms with Crippen LogP contribution in [0, 0.1) is 5.92 Å². The molecule has 1 amide bonds. The molecule has 27 heavy (non-hydrogen) atoms. The van der Waals surface area contributed by atoms with E-state index in [1.165, 1.54) is 30.4 Å². The van der Waals surface area contributed by atoms with Gasteiger partial charge in [0.15, 0.2) is 0 Å². The third-order valence-corrected chi connectivity index (χ3v) is 6.86. The average molecular weight is 384 g/mol. The van der Waals surface area contributed by atoms with Gasteiger partial charge in [-0.15, -0.1) is 11.3 Å².